The Balaban J connectivity index is 1.82. The quantitative estimate of drug-likeness (QED) is 0.900. The average molecular weight is 308 g/mol. The van der Waals surface area contributed by atoms with Gasteiger partial charge in [-0.15, -0.1) is 11.3 Å². The fraction of sp³-hybridized carbons (Fsp3) is 0.600. The molecule has 1 aromatic heterocycles. The zero-order chi connectivity index (χ0) is 14.8. The average Bonchev–Trinajstić information content (AvgIpc) is 2.86. The molecule has 114 valence electrons. The summed E-state index contributed by atoms with van der Waals surface area (Å²) in [6.07, 6.45) is 5.98. The van der Waals surface area contributed by atoms with E-state index >= 15 is 0 Å². The highest BCUT2D eigenvalue weighted by atomic mass is 32.1. The first-order valence-corrected chi connectivity index (χ1v) is 8.31. The van der Waals surface area contributed by atoms with Crippen molar-refractivity contribution in [2.24, 2.45) is 11.7 Å². The van der Waals surface area contributed by atoms with E-state index in [9.17, 15) is 9.59 Å². The van der Waals surface area contributed by atoms with Crippen molar-refractivity contribution < 1.29 is 14.3 Å². The number of ether oxygens (including phenoxy) is 1. The molecule has 0 radical (unpaired) electrons. The number of anilines is 1. The second kappa shape index (κ2) is 6.15. The third-order valence-electron chi connectivity index (χ3n) is 4.28. The van der Waals surface area contributed by atoms with Crippen molar-refractivity contribution in [3.63, 3.8) is 0 Å². The monoisotopic (exact) mass is 308 g/mol. The summed E-state index contributed by atoms with van der Waals surface area (Å²) in [4.78, 5) is 25.1. The van der Waals surface area contributed by atoms with Crippen LogP contribution in [0.4, 0.5) is 5.00 Å². The van der Waals surface area contributed by atoms with Gasteiger partial charge in [0.2, 0.25) is 5.91 Å². The number of hydrogen-bond acceptors (Lipinski definition) is 4. The Morgan fingerprint density at radius 3 is 2.71 bits per heavy atom. The standard InChI is InChI=1S/C15H20N2O3S/c16-13(18)12-10-6-7-20-8-11(10)21-15(12)17-14(19)9-4-2-1-3-5-9/h9H,1-8H2,(H2,16,18)(H,17,19). The van der Waals surface area contributed by atoms with Gasteiger partial charge in [-0.05, 0) is 24.8 Å². The fourth-order valence-electron chi connectivity index (χ4n) is 3.16. The van der Waals surface area contributed by atoms with Crippen molar-refractivity contribution in [2.75, 3.05) is 11.9 Å². The molecule has 0 unspecified atom stereocenters. The summed E-state index contributed by atoms with van der Waals surface area (Å²) in [6, 6.07) is 0. The smallest absolute Gasteiger partial charge is 0.251 e. The molecular weight excluding hydrogens is 288 g/mol. The highest BCUT2D eigenvalue weighted by Crippen LogP contribution is 2.37. The van der Waals surface area contributed by atoms with Gasteiger partial charge in [-0.25, -0.2) is 0 Å². The zero-order valence-electron chi connectivity index (χ0n) is 11.9. The number of hydrogen-bond donors (Lipinski definition) is 2. The summed E-state index contributed by atoms with van der Waals surface area (Å²) < 4.78 is 5.41. The Labute approximate surface area is 127 Å². The normalized spacial score (nSPS) is 19.0. The first kappa shape index (κ1) is 14.5. The molecule has 3 N–H and O–H groups in total. The molecule has 6 heteroatoms. The number of nitrogens with two attached hydrogens (primary N) is 1. The van der Waals surface area contributed by atoms with Crippen LogP contribution < -0.4 is 11.1 Å². The number of carbonyl (C=O) groups excluding carboxylic acids is 2. The molecule has 1 aliphatic heterocycles. The van der Waals surface area contributed by atoms with Crippen molar-refractivity contribution in [2.45, 2.75) is 45.1 Å². The number of primary amides is 1. The molecule has 0 atom stereocenters. The third kappa shape index (κ3) is 2.96. The first-order valence-electron chi connectivity index (χ1n) is 7.49. The van der Waals surface area contributed by atoms with Gasteiger partial charge in [0.15, 0.2) is 0 Å². The molecule has 2 heterocycles. The van der Waals surface area contributed by atoms with Crippen LogP contribution >= 0.6 is 11.3 Å². The van der Waals surface area contributed by atoms with Gasteiger partial charge < -0.3 is 15.8 Å². The van der Waals surface area contributed by atoms with Crippen LogP contribution in [-0.4, -0.2) is 18.4 Å². The van der Waals surface area contributed by atoms with Gasteiger partial charge >= 0.3 is 0 Å². The van der Waals surface area contributed by atoms with Gasteiger partial charge in [0.05, 0.1) is 18.8 Å². The van der Waals surface area contributed by atoms with Gasteiger partial charge in [0.1, 0.15) is 5.00 Å². The Morgan fingerprint density at radius 2 is 2.00 bits per heavy atom. The van der Waals surface area contributed by atoms with E-state index in [1.165, 1.54) is 17.8 Å². The Bertz CT molecular complexity index is 562. The molecule has 21 heavy (non-hydrogen) atoms. The summed E-state index contributed by atoms with van der Waals surface area (Å²) in [6.45, 7) is 1.10. The molecule has 2 aliphatic rings. The van der Waals surface area contributed by atoms with Gasteiger partial charge in [0, 0.05) is 10.8 Å². The van der Waals surface area contributed by atoms with Crippen molar-refractivity contribution in [3.05, 3.63) is 16.0 Å². The minimum Gasteiger partial charge on any atom is -0.376 e. The lowest BCUT2D eigenvalue weighted by Gasteiger charge is -2.20. The van der Waals surface area contributed by atoms with E-state index in [-0.39, 0.29) is 11.8 Å². The summed E-state index contributed by atoms with van der Waals surface area (Å²) in [5.41, 5.74) is 6.96. The van der Waals surface area contributed by atoms with Crippen molar-refractivity contribution in [3.8, 4) is 0 Å². The predicted octanol–water partition coefficient (Wildman–Crippen LogP) is 2.44. The molecule has 5 nitrogen and oxygen atoms in total. The number of fused-ring (bicyclic) bond motifs is 1. The second-order valence-electron chi connectivity index (χ2n) is 5.70. The molecule has 1 saturated carbocycles. The minimum absolute atomic E-state index is 0.0247. The molecule has 0 bridgehead atoms. The van der Waals surface area contributed by atoms with Crippen LogP contribution in [0, 0.1) is 5.92 Å². The zero-order valence-corrected chi connectivity index (χ0v) is 12.8. The first-order chi connectivity index (χ1) is 10.2. The highest BCUT2D eigenvalue weighted by Gasteiger charge is 2.27. The summed E-state index contributed by atoms with van der Waals surface area (Å²) in [5, 5.41) is 3.55. The van der Waals surface area contributed by atoms with Crippen LogP contribution in [0.1, 0.15) is 52.9 Å². The fourth-order valence-corrected chi connectivity index (χ4v) is 4.35. The molecule has 1 aromatic rings. The molecular formula is C15H20N2O3S. The number of thiophene rings is 1. The SMILES string of the molecule is NC(=O)c1c(NC(=O)C2CCCCC2)sc2c1CCOC2. The molecule has 0 saturated heterocycles. The van der Waals surface area contributed by atoms with Gasteiger partial charge in [0.25, 0.3) is 5.91 Å². The Morgan fingerprint density at radius 1 is 1.24 bits per heavy atom. The highest BCUT2D eigenvalue weighted by molar-refractivity contribution is 7.17. The predicted molar refractivity (Wildman–Crippen MR) is 81.4 cm³/mol. The summed E-state index contributed by atoms with van der Waals surface area (Å²) in [7, 11) is 0. The Hall–Kier alpha value is -1.40. The molecule has 3 rings (SSSR count). The maximum atomic E-state index is 12.4. The minimum atomic E-state index is -0.464. The summed E-state index contributed by atoms with van der Waals surface area (Å²) in [5.74, 6) is -0.375. The maximum absolute atomic E-state index is 12.4. The summed E-state index contributed by atoms with van der Waals surface area (Å²) >= 11 is 1.42. The van der Waals surface area contributed by atoms with Crippen LogP contribution in [0.2, 0.25) is 0 Å². The van der Waals surface area contributed by atoms with Crippen LogP contribution in [0.15, 0.2) is 0 Å². The van der Waals surface area contributed by atoms with Gasteiger partial charge in [-0.2, -0.15) is 0 Å². The van der Waals surface area contributed by atoms with Crippen LogP contribution in [0.3, 0.4) is 0 Å². The number of amides is 2. The van der Waals surface area contributed by atoms with Gasteiger partial charge in [-0.1, -0.05) is 19.3 Å². The topological polar surface area (TPSA) is 81.4 Å². The lowest BCUT2D eigenvalue weighted by atomic mass is 9.88. The van der Waals surface area contributed by atoms with E-state index in [0.29, 0.717) is 30.2 Å². The van der Waals surface area contributed by atoms with Gasteiger partial charge in [-0.3, -0.25) is 9.59 Å². The third-order valence-corrected chi connectivity index (χ3v) is 5.40. The molecule has 0 spiro atoms. The van der Waals surface area contributed by atoms with Crippen molar-refractivity contribution in [1.82, 2.24) is 0 Å². The Kier molecular flexibility index (Phi) is 4.26. The maximum Gasteiger partial charge on any atom is 0.251 e. The largest absolute Gasteiger partial charge is 0.376 e. The number of rotatable bonds is 3. The van der Waals surface area contributed by atoms with E-state index in [0.717, 1.165) is 36.1 Å². The van der Waals surface area contributed by atoms with Crippen LogP contribution in [-0.2, 0) is 22.6 Å². The number of carbonyl (C=O) groups is 2. The molecule has 1 fully saturated rings. The van der Waals surface area contributed by atoms with Crippen LogP contribution in [0.25, 0.3) is 0 Å². The lowest BCUT2D eigenvalue weighted by Crippen LogP contribution is -2.26. The van der Waals surface area contributed by atoms with Crippen molar-refractivity contribution >= 4 is 28.2 Å². The van der Waals surface area contributed by atoms with Crippen LogP contribution in [0.5, 0.6) is 0 Å². The lowest BCUT2D eigenvalue weighted by molar-refractivity contribution is -0.120. The molecule has 0 aromatic carbocycles. The van der Waals surface area contributed by atoms with E-state index < -0.39 is 5.91 Å². The second-order valence-corrected chi connectivity index (χ2v) is 6.80. The molecule has 1 aliphatic carbocycles. The van der Waals surface area contributed by atoms with E-state index in [2.05, 4.69) is 5.32 Å². The van der Waals surface area contributed by atoms with E-state index in [4.69, 9.17) is 10.5 Å². The molecule has 2 amide bonds. The van der Waals surface area contributed by atoms with E-state index in [1.807, 2.05) is 0 Å². The van der Waals surface area contributed by atoms with E-state index in [1.54, 1.807) is 0 Å². The number of nitrogens with one attached hydrogen (secondary N) is 1. The van der Waals surface area contributed by atoms with Crippen molar-refractivity contribution in [1.29, 1.82) is 0 Å².